The van der Waals surface area contributed by atoms with Crippen molar-refractivity contribution in [2.45, 2.75) is 14.7 Å². The third-order valence-electron chi connectivity index (χ3n) is 7.25. The van der Waals surface area contributed by atoms with E-state index in [2.05, 4.69) is 25.6 Å². The predicted octanol–water partition coefficient (Wildman–Crippen LogP) is 2.84. The molecule has 0 spiro atoms. The maximum Gasteiger partial charge on any atom is 0.356 e. The molecule has 25 heteroatoms. The minimum Gasteiger partial charge on any atom is -0.744 e. The number of aromatic amines is 1. The van der Waals surface area contributed by atoms with Crippen LogP contribution in [0.5, 0.6) is 17.2 Å². The Kier molecular flexibility index (Phi) is 11.8. The van der Waals surface area contributed by atoms with Gasteiger partial charge in [0.05, 0.1) is 40.6 Å². The van der Waals surface area contributed by atoms with Gasteiger partial charge in [0.1, 0.15) is 48.0 Å². The number of nitrogens with zero attached hydrogens (tertiary/aromatic N) is 5. The van der Waals surface area contributed by atoms with Crippen LogP contribution in [0.15, 0.2) is 101 Å². The van der Waals surface area contributed by atoms with Crippen LogP contribution in [-0.4, -0.2) is 90.0 Å². The summed E-state index contributed by atoms with van der Waals surface area (Å²) in [5, 5.41) is 57.2. The summed E-state index contributed by atoms with van der Waals surface area (Å²) in [6.07, 6.45) is 0. The van der Waals surface area contributed by atoms with E-state index in [0.29, 0.717) is 4.68 Å². The third kappa shape index (κ3) is 8.32. The Bertz CT molecular complexity index is 2770. The Hall–Kier alpha value is -5.53. The van der Waals surface area contributed by atoms with Gasteiger partial charge in [-0.15, -0.1) is 15.3 Å². The molecule has 1 aromatic heterocycles. The van der Waals surface area contributed by atoms with Gasteiger partial charge >= 0.3 is 5.97 Å². The topological polar surface area (TPSA) is 343 Å². The minimum atomic E-state index is -5.35. The zero-order valence-electron chi connectivity index (χ0n) is 26.7. The number of hydrogen-bond acceptors (Lipinski definition) is 18. The van der Waals surface area contributed by atoms with E-state index in [9.17, 15) is 59.3 Å². The second-order valence-corrected chi connectivity index (χ2v) is 15.4. The zero-order valence-corrected chi connectivity index (χ0v) is 30.1. The van der Waals surface area contributed by atoms with Gasteiger partial charge in [0, 0.05) is 34.6 Å². The molecule has 0 saturated heterocycles. The molecule has 0 saturated carbocycles. The van der Waals surface area contributed by atoms with Crippen LogP contribution in [0.25, 0.3) is 16.5 Å². The number of aromatic carboxylic acids is 1. The monoisotopic (exact) mass is 853 g/mol. The van der Waals surface area contributed by atoms with Crippen LogP contribution in [0.3, 0.4) is 0 Å². The predicted molar refractivity (Wildman–Crippen MR) is 177 cm³/mol. The van der Waals surface area contributed by atoms with Crippen LogP contribution in [-0.2, 0) is 47.1 Å². The average molecular weight is 854 g/mol. The Morgan fingerprint density at radius 1 is 0.852 bits per heavy atom. The van der Waals surface area contributed by atoms with E-state index < -0.39 is 103 Å². The van der Waals surface area contributed by atoms with Crippen molar-refractivity contribution in [2.24, 2.45) is 20.5 Å². The van der Waals surface area contributed by atoms with Crippen LogP contribution < -0.4 is 10.3 Å². The fourth-order valence-electron chi connectivity index (χ4n) is 4.76. The van der Waals surface area contributed by atoms with Gasteiger partial charge in [0.15, 0.2) is 27.0 Å². The quantitative estimate of drug-likeness (QED) is 0.0684. The molecule has 0 bridgehead atoms. The molecular formula is C29H22CuN6O15S3-2. The number of aromatic nitrogens is 2. The Balaban J connectivity index is 0.00000650. The maximum atomic E-state index is 13.1. The van der Waals surface area contributed by atoms with Crippen molar-refractivity contribution in [1.29, 1.82) is 0 Å². The van der Waals surface area contributed by atoms with Crippen LogP contribution in [0.2, 0.25) is 0 Å². The molecule has 1 radical (unpaired) electrons. The second kappa shape index (κ2) is 15.4. The molecule has 0 aliphatic rings. The fraction of sp³-hybridized carbons (Fsp3) is 0.103. The SMILES string of the molecule is COc1cc(N=Nc2c(S(=O)(=O)[O-])cc3ccc(N=Nc4c(C(=O)O)[nH]n(-c5ccc(S(=O)(=O)[O-])cc5)c4=O)cc3c2O)c(O)cc1S(=O)(=O)CCO.[Cu]. The van der Waals surface area contributed by atoms with Crippen molar-refractivity contribution in [3.63, 3.8) is 0 Å². The van der Waals surface area contributed by atoms with Gasteiger partial charge in [0.2, 0.25) is 0 Å². The summed E-state index contributed by atoms with van der Waals surface area (Å²) in [6, 6.07) is 9.91. The number of aromatic hydroxyl groups is 2. The molecule has 0 amide bonds. The van der Waals surface area contributed by atoms with Gasteiger partial charge in [-0.3, -0.25) is 9.89 Å². The number of carbonyl (C=O) groups is 1. The molecule has 54 heavy (non-hydrogen) atoms. The number of phenols is 2. The fourth-order valence-corrected chi connectivity index (χ4v) is 7.07. The molecule has 5 N–H and O–H groups in total. The number of ether oxygens (including phenoxy) is 1. The molecule has 0 atom stereocenters. The summed E-state index contributed by atoms with van der Waals surface area (Å²) in [7, 11) is -13.2. The molecule has 1 heterocycles. The number of carboxylic acids is 1. The number of sulfone groups is 1. The first kappa shape index (κ1) is 41.2. The molecule has 289 valence electrons. The van der Waals surface area contributed by atoms with Crippen LogP contribution in [0.4, 0.5) is 22.7 Å². The van der Waals surface area contributed by atoms with Crippen molar-refractivity contribution >= 4 is 69.6 Å². The van der Waals surface area contributed by atoms with Crippen molar-refractivity contribution in [1.82, 2.24) is 9.78 Å². The normalized spacial score (nSPS) is 12.4. The second-order valence-electron chi connectivity index (χ2n) is 10.6. The summed E-state index contributed by atoms with van der Waals surface area (Å²) >= 11 is 0. The van der Waals surface area contributed by atoms with Crippen LogP contribution in [0, 0.1) is 0 Å². The van der Waals surface area contributed by atoms with Gasteiger partial charge < -0.3 is 34.3 Å². The van der Waals surface area contributed by atoms with Crippen LogP contribution in [0.1, 0.15) is 10.5 Å². The first-order chi connectivity index (χ1) is 24.8. The van der Waals surface area contributed by atoms with E-state index in [4.69, 9.17) is 9.84 Å². The van der Waals surface area contributed by atoms with Crippen molar-refractivity contribution in [3.05, 3.63) is 76.7 Å². The van der Waals surface area contributed by atoms with Gasteiger partial charge in [0.25, 0.3) is 5.56 Å². The van der Waals surface area contributed by atoms with Crippen molar-refractivity contribution in [3.8, 4) is 22.9 Å². The van der Waals surface area contributed by atoms with Crippen LogP contribution >= 0.6 is 0 Å². The van der Waals surface area contributed by atoms with E-state index in [-0.39, 0.29) is 45.0 Å². The Morgan fingerprint density at radius 2 is 1.50 bits per heavy atom. The van der Waals surface area contributed by atoms with E-state index in [1.165, 1.54) is 12.1 Å². The van der Waals surface area contributed by atoms with Gasteiger partial charge in [-0.2, -0.15) is 5.11 Å². The molecule has 0 unspecified atom stereocenters. The first-order valence-electron chi connectivity index (χ1n) is 14.2. The molecule has 21 nitrogen and oxygen atoms in total. The third-order valence-corrected chi connectivity index (χ3v) is 10.7. The Morgan fingerprint density at radius 3 is 2.07 bits per heavy atom. The number of fused-ring (bicyclic) bond motifs is 1. The number of phenolic OH excluding ortho intramolecular Hbond substituents is 2. The molecule has 5 aromatic rings. The number of nitrogens with one attached hydrogen (secondary N) is 1. The van der Waals surface area contributed by atoms with E-state index in [1.807, 2.05) is 0 Å². The summed E-state index contributed by atoms with van der Waals surface area (Å²) < 4.78 is 101. The average Bonchev–Trinajstić information content (AvgIpc) is 3.42. The van der Waals surface area contributed by atoms with Gasteiger partial charge in [-0.05, 0) is 47.9 Å². The maximum absolute atomic E-state index is 13.1. The standard InChI is InChI=1S/C29H24N6O15S3.Cu/c1-50-21-12-19(20(37)13-22(21)51(42,43)9-8-36)31-32-24-23(53(47,48)49)10-14-2-3-15(11-18(14)27(24)38)30-33-25-26(29(40)41)34-35(28(25)39)16-4-6-17(7-5-16)52(44,45)46;/h2-7,10-13,34,36-38H,8-9H2,1H3,(H,40,41)(H,44,45,46)(H,47,48,49);/p-2. The number of carboxylic acid groups (broad SMARTS) is 1. The molecule has 4 aromatic carbocycles. The number of benzene rings is 4. The molecule has 0 fully saturated rings. The number of azo groups is 2. The van der Waals surface area contributed by atoms with Crippen molar-refractivity contribution < 1.29 is 81.4 Å². The Labute approximate surface area is 313 Å². The first-order valence-corrected chi connectivity index (χ1v) is 18.7. The number of methoxy groups -OCH3 is 1. The number of H-pyrrole nitrogens is 1. The molecule has 0 aliphatic heterocycles. The van der Waals surface area contributed by atoms with E-state index >= 15 is 0 Å². The van der Waals surface area contributed by atoms with Gasteiger partial charge in [-0.25, -0.2) is 34.7 Å². The summed E-state index contributed by atoms with van der Waals surface area (Å²) in [5.74, 6) is -4.43. The molecule has 0 aliphatic carbocycles. The largest absolute Gasteiger partial charge is 0.744 e. The number of aliphatic hydroxyl groups is 1. The number of hydrogen-bond donors (Lipinski definition) is 5. The van der Waals surface area contributed by atoms with Gasteiger partial charge in [-0.1, -0.05) is 6.07 Å². The summed E-state index contributed by atoms with van der Waals surface area (Å²) in [5.41, 5.74) is -4.14. The van der Waals surface area contributed by atoms with E-state index in [0.717, 1.165) is 55.6 Å². The summed E-state index contributed by atoms with van der Waals surface area (Å²) in [4.78, 5) is 22.8. The smallest absolute Gasteiger partial charge is 0.356 e. The van der Waals surface area contributed by atoms with Crippen molar-refractivity contribution in [2.75, 3.05) is 19.5 Å². The zero-order chi connectivity index (χ0) is 39.0. The number of rotatable bonds is 12. The summed E-state index contributed by atoms with van der Waals surface area (Å²) in [6.45, 7) is -0.739. The molecular weight excluding hydrogens is 832 g/mol. The molecule has 5 rings (SSSR count). The number of aliphatic hydroxyl groups excluding tert-OH is 1. The minimum absolute atomic E-state index is 0. The van der Waals surface area contributed by atoms with E-state index in [1.54, 1.807) is 0 Å².